The van der Waals surface area contributed by atoms with Crippen molar-refractivity contribution >= 4 is 34.0 Å². The second-order valence-corrected chi connectivity index (χ2v) is 6.91. The molecule has 0 aliphatic carbocycles. The van der Waals surface area contributed by atoms with Gasteiger partial charge in [0.15, 0.2) is 5.65 Å². The molecule has 7 heteroatoms. The average molecular weight is 308 g/mol. The van der Waals surface area contributed by atoms with Crippen LogP contribution in [0.3, 0.4) is 0 Å². The van der Waals surface area contributed by atoms with Crippen molar-refractivity contribution in [3.05, 3.63) is 33.3 Å². The van der Waals surface area contributed by atoms with Gasteiger partial charge in [0.05, 0.1) is 28.0 Å². The predicted octanol–water partition coefficient (Wildman–Crippen LogP) is 3.35. The fraction of sp³-hybridized carbons (Fsp3) is 0.385. The maximum Gasteiger partial charge on any atom is 0.224 e. The Kier molecular flexibility index (Phi) is 3.22. The number of nitrogens with zero attached hydrogens (tertiary/aromatic N) is 4. The topological polar surface area (TPSA) is 67.3 Å². The Morgan fingerprint density at radius 1 is 1.25 bits per heavy atom. The zero-order chi connectivity index (χ0) is 14.3. The number of fused-ring (bicyclic) bond motifs is 1. The highest BCUT2D eigenvalue weighted by molar-refractivity contribution is 7.09. The van der Waals surface area contributed by atoms with Crippen molar-refractivity contribution in [2.75, 3.05) is 0 Å². The van der Waals surface area contributed by atoms with Crippen molar-refractivity contribution in [2.24, 2.45) is 0 Å². The van der Waals surface area contributed by atoms with Crippen LogP contribution in [0.15, 0.2) is 11.6 Å². The van der Waals surface area contributed by atoms with E-state index in [1.54, 1.807) is 17.5 Å². The number of aromatic nitrogens is 5. The SMILES string of the molecule is CC(C)(C)c1csc(Cc2nc(Cl)nc3[nH]ncc23)n1. The van der Waals surface area contributed by atoms with E-state index in [0.717, 1.165) is 21.8 Å². The van der Waals surface area contributed by atoms with E-state index in [1.165, 1.54) is 0 Å². The Morgan fingerprint density at radius 2 is 2.05 bits per heavy atom. The molecule has 1 N–H and O–H groups in total. The summed E-state index contributed by atoms with van der Waals surface area (Å²) < 4.78 is 0. The minimum absolute atomic E-state index is 0.0586. The van der Waals surface area contributed by atoms with Crippen molar-refractivity contribution in [1.82, 2.24) is 25.1 Å². The van der Waals surface area contributed by atoms with Crippen molar-refractivity contribution in [3.63, 3.8) is 0 Å². The van der Waals surface area contributed by atoms with Gasteiger partial charge in [0.1, 0.15) is 0 Å². The standard InChI is InChI=1S/C13H14ClN5S/c1-13(2,3)9-6-20-10(17-9)4-8-7-5-15-19-11(7)18-12(14)16-8/h5-6H,4H2,1-3H3,(H,15,16,18,19). The molecule has 0 unspecified atom stereocenters. The first-order chi connectivity index (χ1) is 9.43. The molecular formula is C13H14ClN5S. The van der Waals surface area contributed by atoms with Gasteiger partial charge in [0.2, 0.25) is 5.28 Å². The molecule has 0 aliphatic heterocycles. The molecule has 0 saturated heterocycles. The fourth-order valence-electron chi connectivity index (χ4n) is 1.88. The van der Waals surface area contributed by atoms with Crippen LogP contribution >= 0.6 is 22.9 Å². The van der Waals surface area contributed by atoms with Crippen LogP contribution in [0.2, 0.25) is 5.28 Å². The van der Waals surface area contributed by atoms with Gasteiger partial charge in [0, 0.05) is 17.2 Å². The molecule has 3 aromatic heterocycles. The van der Waals surface area contributed by atoms with Gasteiger partial charge in [-0.1, -0.05) is 20.8 Å². The summed E-state index contributed by atoms with van der Waals surface area (Å²) >= 11 is 7.58. The van der Waals surface area contributed by atoms with Gasteiger partial charge < -0.3 is 0 Å². The van der Waals surface area contributed by atoms with Crippen LogP contribution in [0.5, 0.6) is 0 Å². The Morgan fingerprint density at radius 3 is 2.75 bits per heavy atom. The van der Waals surface area contributed by atoms with Crippen LogP contribution in [-0.2, 0) is 11.8 Å². The van der Waals surface area contributed by atoms with E-state index in [1.807, 2.05) is 0 Å². The Labute approximate surface area is 125 Å². The smallest absolute Gasteiger partial charge is 0.224 e. The van der Waals surface area contributed by atoms with Crippen LogP contribution < -0.4 is 0 Å². The largest absolute Gasteiger partial charge is 0.261 e. The molecule has 3 aromatic rings. The summed E-state index contributed by atoms with van der Waals surface area (Å²) in [5, 5.41) is 11.0. The quantitative estimate of drug-likeness (QED) is 0.737. The fourth-order valence-corrected chi connectivity index (χ4v) is 3.09. The lowest BCUT2D eigenvalue weighted by Gasteiger charge is -2.14. The number of hydrogen-bond acceptors (Lipinski definition) is 5. The Balaban J connectivity index is 1.97. The van der Waals surface area contributed by atoms with E-state index in [9.17, 15) is 0 Å². The molecule has 0 spiro atoms. The van der Waals surface area contributed by atoms with Crippen LogP contribution in [0.25, 0.3) is 11.0 Å². The highest BCUT2D eigenvalue weighted by Gasteiger charge is 2.18. The molecule has 104 valence electrons. The van der Waals surface area contributed by atoms with E-state index < -0.39 is 0 Å². The van der Waals surface area contributed by atoms with Gasteiger partial charge in [-0.3, -0.25) is 5.10 Å². The zero-order valence-corrected chi connectivity index (χ0v) is 13.0. The molecule has 0 aromatic carbocycles. The summed E-state index contributed by atoms with van der Waals surface area (Å²) in [7, 11) is 0. The molecule has 0 aliphatic rings. The second kappa shape index (κ2) is 4.79. The number of thiazole rings is 1. The van der Waals surface area contributed by atoms with Crippen LogP contribution in [0.4, 0.5) is 0 Å². The number of halogens is 1. The summed E-state index contributed by atoms with van der Waals surface area (Å²) in [5.74, 6) is 0. The van der Waals surface area contributed by atoms with E-state index in [-0.39, 0.29) is 10.7 Å². The van der Waals surface area contributed by atoms with Gasteiger partial charge >= 0.3 is 0 Å². The van der Waals surface area contributed by atoms with Crippen molar-refractivity contribution in [3.8, 4) is 0 Å². The molecule has 0 bridgehead atoms. The first kappa shape index (κ1) is 13.5. The third kappa shape index (κ3) is 2.53. The second-order valence-electron chi connectivity index (χ2n) is 5.62. The summed E-state index contributed by atoms with van der Waals surface area (Å²) in [6.45, 7) is 6.46. The number of hydrogen-bond donors (Lipinski definition) is 1. The molecule has 0 fully saturated rings. The average Bonchev–Trinajstić information content (AvgIpc) is 2.95. The molecule has 0 saturated carbocycles. The first-order valence-electron chi connectivity index (χ1n) is 6.24. The minimum atomic E-state index is 0.0586. The molecule has 20 heavy (non-hydrogen) atoms. The molecule has 0 amide bonds. The Bertz CT molecular complexity index is 756. The molecule has 0 radical (unpaired) electrons. The summed E-state index contributed by atoms with van der Waals surface area (Å²) in [4.78, 5) is 13.1. The van der Waals surface area contributed by atoms with Crippen LogP contribution in [0.1, 0.15) is 37.2 Å². The number of H-pyrrole nitrogens is 1. The maximum absolute atomic E-state index is 5.94. The lowest BCUT2D eigenvalue weighted by Crippen LogP contribution is -2.11. The Hall–Kier alpha value is -1.53. The van der Waals surface area contributed by atoms with E-state index in [4.69, 9.17) is 11.6 Å². The van der Waals surface area contributed by atoms with Gasteiger partial charge in [-0.25, -0.2) is 9.97 Å². The van der Waals surface area contributed by atoms with Crippen LogP contribution in [0, 0.1) is 0 Å². The lowest BCUT2D eigenvalue weighted by atomic mass is 9.93. The van der Waals surface area contributed by atoms with Crippen LogP contribution in [-0.4, -0.2) is 25.1 Å². The zero-order valence-electron chi connectivity index (χ0n) is 11.4. The number of nitrogens with one attached hydrogen (secondary N) is 1. The highest BCUT2D eigenvalue weighted by atomic mass is 35.5. The van der Waals surface area contributed by atoms with E-state index >= 15 is 0 Å². The van der Waals surface area contributed by atoms with Gasteiger partial charge in [0.25, 0.3) is 0 Å². The highest BCUT2D eigenvalue weighted by Crippen LogP contribution is 2.26. The molecule has 5 nitrogen and oxygen atoms in total. The summed E-state index contributed by atoms with van der Waals surface area (Å²) in [5.41, 5.74) is 2.67. The lowest BCUT2D eigenvalue weighted by molar-refractivity contribution is 0.571. The maximum atomic E-state index is 5.94. The monoisotopic (exact) mass is 307 g/mol. The van der Waals surface area contributed by atoms with Gasteiger partial charge in [-0.2, -0.15) is 10.1 Å². The van der Waals surface area contributed by atoms with Gasteiger partial charge in [-0.05, 0) is 11.6 Å². The molecule has 3 heterocycles. The normalized spacial score (nSPS) is 12.2. The first-order valence-corrected chi connectivity index (χ1v) is 7.49. The third-order valence-electron chi connectivity index (χ3n) is 3.00. The molecule has 3 rings (SSSR count). The van der Waals surface area contributed by atoms with Crippen molar-refractivity contribution in [1.29, 1.82) is 0 Å². The molecular weight excluding hydrogens is 294 g/mol. The van der Waals surface area contributed by atoms with E-state index in [2.05, 4.69) is 51.3 Å². The third-order valence-corrected chi connectivity index (χ3v) is 4.02. The van der Waals surface area contributed by atoms with Crippen molar-refractivity contribution in [2.45, 2.75) is 32.6 Å². The predicted molar refractivity (Wildman–Crippen MR) is 80.3 cm³/mol. The van der Waals surface area contributed by atoms with Crippen molar-refractivity contribution < 1.29 is 0 Å². The molecule has 0 atom stereocenters. The van der Waals surface area contributed by atoms with E-state index in [0.29, 0.717) is 12.1 Å². The summed E-state index contributed by atoms with van der Waals surface area (Å²) in [6.07, 6.45) is 2.36. The summed E-state index contributed by atoms with van der Waals surface area (Å²) in [6, 6.07) is 0. The number of rotatable bonds is 2. The minimum Gasteiger partial charge on any atom is -0.261 e. The van der Waals surface area contributed by atoms with Gasteiger partial charge in [-0.15, -0.1) is 11.3 Å². The number of aromatic amines is 1.